The molecule has 0 aliphatic heterocycles. The van der Waals surface area contributed by atoms with E-state index in [4.69, 9.17) is 4.74 Å². The average Bonchev–Trinajstić information content (AvgIpc) is 3.34. The number of nitrogens with one attached hydrogen (secondary N) is 1. The Morgan fingerprint density at radius 2 is 1.74 bits per heavy atom. The molecular weight excluding hydrogens is 450 g/mol. The Hall–Kier alpha value is -3.65. The molecule has 8 heteroatoms. The number of hydrogen-bond acceptors (Lipinski definition) is 5. The first-order valence-electron chi connectivity index (χ1n) is 11.1. The Balaban J connectivity index is 1.53. The lowest BCUT2D eigenvalue weighted by Crippen LogP contribution is -2.43. The second kappa shape index (κ2) is 10.5. The molecule has 176 valence electrons. The van der Waals surface area contributed by atoms with E-state index in [1.54, 1.807) is 30.7 Å². The molecule has 1 amide bonds. The second-order valence-corrected chi connectivity index (χ2v) is 9.15. The lowest BCUT2D eigenvalue weighted by atomic mass is 10.1. The van der Waals surface area contributed by atoms with Crippen LogP contribution in [-0.2, 0) is 24.3 Å². The van der Waals surface area contributed by atoms with Crippen LogP contribution in [-0.4, -0.2) is 28.2 Å². The molecule has 2 aromatic carbocycles. The number of nitrogens with zero attached hydrogens (tertiary/aromatic N) is 2. The van der Waals surface area contributed by atoms with Gasteiger partial charge in [0, 0.05) is 6.04 Å². The van der Waals surface area contributed by atoms with Crippen LogP contribution in [0.1, 0.15) is 24.5 Å². The molecule has 0 aliphatic carbocycles. The number of hydrogen-bond donors (Lipinski definition) is 1. The summed E-state index contributed by atoms with van der Waals surface area (Å²) in [5, 5.41) is 4.75. The molecule has 1 unspecified atom stereocenters. The summed E-state index contributed by atoms with van der Waals surface area (Å²) in [4.78, 5) is 39.1. The van der Waals surface area contributed by atoms with Crippen molar-refractivity contribution in [1.29, 1.82) is 0 Å². The summed E-state index contributed by atoms with van der Waals surface area (Å²) in [5.74, 6) is 0.435. The summed E-state index contributed by atoms with van der Waals surface area (Å²) in [6.07, 6.45) is 1.64. The number of carbonyl (C=O) groups excluding carboxylic acids is 1. The highest BCUT2D eigenvalue weighted by atomic mass is 32.1. The Kier molecular flexibility index (Phi) is 7.27. The van der Waals surface area contributed by atoms with Crippen LogP contribution in [0.3, 0.4) is 0 Å². The summed E-state index contributed by atoms with van der Waals surface area (Å²) in [6, 6.07) is 19.0. The lowest BCUT2D eigenvalue weighted by molar-refractivity contribution is -0.122. The standard InChI is InChI=1S/C26H27N3O4S/c1-18(8-9-19-6-4-3-5-7-19)27-23(30)17-28-22-14-15-34-24(22)25(31)29(26(28)32)16-20-10-12-21(33-2)13-11-20/h3-7,10-15,18H,8-9,16-17H2,1-2H3,(H,27,30). The zero-order valence-corrected chi connectivity index (χ0v) is 20.0. The van der Waals surface area contributed by atoms with Gasteiger partial charge in [-0.1, -0.05) is 42.5 Å². The molecule has 0 radical (unpaired) electrons. The van der Waals surface area contributed by atoms with Crippen LogP contribution in [0.25, 0.3) is 10.2 Å². The molecule has 7 nitrogen and oxygen atoms in total. The first-order valence-corrected chi connectivity index (χ1v) is 12.0. The van der Waals surface area contributed by atoms with Gasteiger partial charge in [0.25, 0.3) is 5.56 Å². The van der Waals surface area contributed by atoms with Crippen LogP contribution in [0.5, 0.6) is 5.75 Å². The van der Waals surface area contributed by atoms with Crippen LogP contribution in [0.2, 0.25) is 0 Å². The number of fused-ring (bicyclic) bond motifs is 1. The van der Waals surface area contributed by atoms with Gasteiger partial charge in [-0.15, -0.1) is 11.3 Å². The van der Waals surface area contributed by atoms with Crippen molar-refractivity contribution >= 4 is 27.5 Å². The van der Waals surface area contributed by atoms with Gasteiger partial charge in [0.1, 0.15) is 17.0 Å². The minimum Gasteiger partial charge on any atom is -0.497 e. The molecular formula is C26H27N3O4S. The molecule has 4 aromatic rings. The number of aryl methyl sites for hydroxylation is 1. The highest BCUT2D eigenvalue weighted by Gasteiger charge is 2.17. The van der Waals surface area contributed by atoms with Gasteiger partial charge in [0.05, 0.1) is 19.2 Å². The van der Waals surface area contributed by atoms with E-state index in [0.717, 1.165) is 18.4 Å². The Labute approximate surface area is 201 Å². The third-order valence-electron chi connectivity index (χ3n) is 5.75. The lowest BCUT2D eigenvalue weighted by Gasteiger charge is -2.16. The fourth-order valence-electron chi connectivity index (χ4n) is 3.90. The molecule has 0 spiro atoms. The molecule has 0 aliphatic rings. The molecule has 0 fully saturated rings. The number of amides is 1. The van der Waals surface area contributed by atoms with E-state index >= 15 is 0 Å². The fraction of sp³-hybridized carbons (Fsp3) is 0.269. The van der Waals surface area contributed by atoms with Crippen LogP contribution in [0, 0.1) is 0 Å². The molecule has 1 N–H and O–H groups in total. The third kappa shape index (κ3) is 5.28. The van der Waals surface area contributed by atoms with Gasteiger partial charge < -0.3 is 10.1 Å². The summed E-state index contributed by atoms with van der Waals surface area (Å²) >= 11 is 1.27. The maximum atomic E-state index is 13.3. The number of rotatable bonds is 9. The zero-order valence-electron chi connectivity index (χ0n) is 19.2. The van der Waals surface area contributed by atoms with Crippen molar-refractivity contribution in [1.82, 2.24) is 14.5 Å². The number of carbonyl (C=O) groups is 1. The van der Waals surface area contributed by atoms with Gasteiger partial charge >= 0.3 is 5.69 Å². The van der Waals surface area contributed by atoms with E-state index in [1.807, 2.05) is 37.3 Å². The highest BCUT2D eigenvalue weighted by molar-refractivity contribution is 7.17. The molecule has 2 aromatic heterocycles. The first kappa shape index (κ1) is 23.5. The summed E-state index contributed by atoms with van der Waals surface area (Å²) < 4.78 is 8.20. The van der Waals surface area contributed by atoms with E-state index in [0.29, 0.717) is 16.0 Å². The monoisotopic (exact) mass is 477 g/mol. The van der Waals surface area contributed by atoms with Crippen LogP contribution in [0.4, 0.5) is 0 Å². The molecule has 0 bridgehead atoms. The van der Waals surface area contributed by atoms with Crippen molar-refractivity contribution in [2.45, 2.75) is 38.9 Å². The van der Waals surface area contributed by atoms with Gasteiger partial charge in [0.2, 0.25) is 5.91 Å². The third-order valence-corrected chi connectivity index (χ3v) is 6.65. The Morgan fingerprint density at radius 1 is 1.00 bits per heavy atom. The average molecular weight is 478 g/mol. The van der Waals surface area contributed by atoms with E-state index in [9.17, 15) is 14.4 Å². The van der Waals surface area contributed by atoms with Crippen LogP contribution in [0.15, 0.2) is 75.6 Å². The molecule has 4 rings (SSSR count). The van der Waals surface area contributed by atoms with Crippen molar-refractivity contribution in [2.75, 3.05) is 7.11 Å². The minimum atomic E-state index is -0.501. The van der Waals surface area contributed by atoms with Crippen molar-refractivity contribution in [3.05, 3.63) is 98.0 Å². The van der Waals surface area contributed by atoms with Gasteiger partial charge in [0.15, 0.2) is 0 Å². The zero-order chi connectivity index (χ0) is 24.1. The van der Waals surface area contributed by atoms with Gasteiger partial charge in [-0.25, -0.2) is 4.79 Å². The molecule has 1 atom stereocenters. The largest absolute Gasteiger partial charge is 0.497 e. The van der Waals surface area contributed by atoms with E-state index in [1.165, 1.54) is 26.0 Å². The van der Waals surface area contributed by atoms with Crippen LogP contribution >= 0.6 is 11.3 Å². The number of aromatic nitrogens is 2. The molecule has 0 saturated heterocycles. The maximum absolute atomic E-state index is 13.3. The van der Waals surface area contributed by atoms with E-state index in [2.05, 4.69) is 17.4 Å². The van der Waals surface area contributed by atoms with Crippen molar-refractivity contribution in [2.24, 2.45) is 0 Å². The smallest absolute Gasteiger partial charge is 0.332 e. The van der Waals surface area contributed by atoms with E-state index in [-0.39, 0.29) is 30.6 Å². The number of ether oxygens (including phenoxy) is 1. The van der Waals surface area contributed by atoms with Crippen molar-refractivity contribution in [3.8, 4) is 5.75 Å². The fourth-order valence-corrected chi connectivity index (χ4v) is 4.75. The number of methoxy groups -OCH3 is 1. The minimum absolute atomic E-state index is 0.0495. The molecule has 34 heavy (non-hydrogen) atoms. The van der Waals surface area contributed by atoms with Gasteiger partial charge in [-0.05, 0) is 54.5 Å². The normalized spacial score (nSPS) is 11.9. The van der Waals surface area contributed by atoms with Crippen LogP contribution < -0.4 is 21.3 Å². The van der Waals surface area contributed by atoms with Crippen molar-refractivity contribution in [3.63, 3.8) is 0 Å². The maximum Gasteiger partial charge on any atom is 0.332 e. The van der Waals surface area contributed by atoms with E-state index < -0.39 is 5.69 Å². The summed E-state index contributed by atoms with van der Waals surface area (Å²) in [5.41, 5.74) is 1.64. The second-order valence-electron chi connectivity index (χ2n) is 8.24. The van der Waals surface area contributed by atoms with Gasteiger partial charge in [-0.3, -0.25) is 18.7 Å². The number of benzene rings is 2. The highest BCUT2D eigenvalue weighted by Crippen LogP contribution is 2.16. The molecule has 2 heterocycles. The molecule has 0 saturated carbocycles. The predicted molar refractivity (Wildman–Crippen MR) is 135 cm³/mol. The summed E-state index contributed by atoms with van der Waals surface area (Å²) in [7, 11) is 1.58. The summed E-state index contributed by atoms with van der Waals surface area (Å²) in [6.45, 7) is 1.92. The topological polar surface area (TPSA) is 82.3 Å². The van der Waals surface area contributed by atoms with Gasteiger partial charge in [-0.2, -0.15) is 0 Å². The number of thiophene rings is 1. The quantitative estimate of drug-likeness (QED) is 0.401. The predicted octanol–water partition coefficient (Wildman–Crippen LogP) is 3.42. The Morgan fingerprint density at radius 3 is 2.44 bits per heavy atom. The Bertz CT molecular complexity index is 1390. The van der Waals surface area contributed by atoms with Crippen molar-refractivity contribution < 1.29 is 9.53 Å². The SMILES string of the molecule is COc1ccc(Cn2c(=O)c3sccc3n(CC(=O)NC(C)CCc3ccccc3)c2=O)cc1. The first-order chi connectivity index (χ1) is 16.5.